The molecule has 0 aliphatic carbocycles. The van der Waals surface area contributed by atoms with Crippen LogP contribution in [-0.4, -0.2) is 54.2 Å². The lowest BCUT2D eigenvalue weighted by Gasteiger charge is -2.45. The molecule has 8 heteroatoms. The molecule has 2 aromatic carbocycles. The first kappa shape index (κ1) is 26.2. The first-order valence-electron chi connectivity index (χ1n) is 11.4. The normalized spacial score (nSPS) is 24.4. The van der Waals surface area contributed by atoms with E-state index in [2.05, 4.69) is 0 Å². The maximum absolute atomic E-state index is 12.1. The lowest BCUT2D eigenvalue weighted by Crippen LogP contribution is -2.60. The van der Waals surface area contributed by atoms with Gasteiger partial charge in [-0.15, -0.1) is 11.8 Å². The Bertz CT molecular complexity index is 893. The number of carbonyl (C=O) groups excluding carboxylic acids is 2. The summed E-state index contributed by atoms with van der Waals surface area (Å²) in [5.41, 5.74) is 1.52. The van der Waals surface area contributed by atoms with Gasteiger partial charge in [0.15, 0.2) is 6.10 Å². The highest BCUT2D eigenvalue weighted by atomic mass is 32.2. The van der Waals surface area contributed by atoms with Gasteiger partial charge in [0.25, 0.3) is 0 Å². The Morgan fingerprint density at radius 1 is 0.824 bits per heavy atom. The Morgan fingerprint density at radius 2 is 1.38 bits per heavy atom. The van der Waals surface area contributed by atoms with Gasteiger partial charge in [0, 0.05) is 13.8 Å². The number of rotatable bonds is 11. The standard InChI is InChI=1S/C26H32O7S/c1-4-34-26-25(31-16-21-13-9-6-10-14-21)24(32-19(3)28)23(22(33-26)17-29-18(2)27)30-15-20-11-7-5-8-12-20/h5-14,22-26H,4,15-17H2,1-3H3/t22-,23-,24+,25-,26+/m1/s1. The van der Waals surface area contributed by atoms with Gasteiger partial charge in [0.1, 0.15) is 30.4 Å². The molecule has 7 nitrogen and oxygen atoms in total. The van der Waals surface area contributed by atoms with E-state index < -0.39 is 41.8 Å². The molecule has 1 heterocycles. The minimum atomic E-state index is -0.747. The first-order chi connectivity index (χ1) is 16.5. The maximum Gasteiger partial charge on any atom is 0.303 e. The smallest absolute Gasteiger partial charge is 0.303 e. The van der Waals surface area contributed by atoms with Crippen molar-refractivity contribution in [2.45, 2.75) is 63.8 Å². The summed E-state index contributed by atoms with van der Waals surface area (Å²) in [4.78, 5) is 23.7. The highest BCUT2D eigenvalue weighted by Gasteiger charge is 2.50. The van der Waals surface area contributed by atoms with E-state index >= 15 is 0 Å². The Hall–Kier alpha value is -2.39. The zero-order valence-electron chi connectivity index (χ0n) is 19.8. The number of hydrogen-bond donors (Lipinski definition) is 0. The molecular formula is C26H32O7S. The average molecular weight is 489 g/mol. The van der Waals surface area contributed by atoms with Crippen molar-refractivity contribution in [1.29, 1.82) is 0 Å². The third kappa shape index (κ3) is 7.84. The SMILES string of the molecule is CCS[C@@H]1O[C@H](COC(C)=O)[C@@H](OCc2ccccc2)[C@H](OC(C)=O)[C@H]1OCc1ccccc1. The molecule has 1 aliphatic heterocycles. The minimum Gasteiger partial charge on any atom is -0.463 e. The summed E-state index contributed by atoms with van der Waals surface area (Å²) in [6, 6.07) is 19.5. The van der Waals surface area contributed by atoms with E-state index in [1.54, 1.807) is 11.8 Å². The number of benzene rings is 2. The summed E-state index contributed by atoms with van der Waals surface area (Å²) in [6.07, 6.45) is -2.65. The molecule has 1 saturated heterocycles. The Labute approximate surface area is 205 Å². The van der Waals surface area contributed by atoms with Gasteiger partial charge < -0.3 is 23.7 Å². The van der Waals surface area contributed by atoms with Crippen LogP contribution in [0.15, 0.2) is 60.7 Å². The fourth-order valence-corrected chi connectivity index (χ4v) is 4.72. The summed E-state index contributed by atoms with van der Waals surface area (Å²) in [5, 5.41) is 0. The number of ether oxygens (including phenoxy) is 5. The highest BCUT2D eigenvalue weighted by molar-refractivity contribution is 7.99. The van der Waals surface area contributed by atoms with Crippen LogP contribution in [0, 0.1) is 0 Å². The van der Waals surface area contributed by atoms with Crippen molar-refractivity contribution in [2.75, 3.05) is 12.4 Å². The van der Waals surface area contributed by atoms with E-state index in [1.807, 2.05) is 67.6 Å². The van der Waals surface area contributed by atoms with Crippen molar-refractivity contribution in [3.63, 3.8) is 0 Å². The van der Waals surface area contributed by atoms with Crippen molar-refractivity contribution < 1.29 is 33.3 Å². The predicted molar refractivity (Wildman–Crippen MR) is 129 cm³/mol. The van der Waals surface area contributed by atoms with Crippen molar-refractivity contribution in [3.8, 4) is 0 Å². The van der Waals surface area contributed by atoms with Crippen LogP contribution in [0.5, 0.6) is 0 Å². The summed E-state index contributed by atoms with van der Waals surface area (Å²) in [7, 11) is 0. The van der Waals surface area contributed by atoms with E-state index in [0.717, 1.165) is 16.9 Å². The van der Waals surface area contributed by atoms with Gasteiger partial charge in [0.2, 0.25) is 0 Å². The van der Waals surface area contributed by atoms with Crippen LogP contribution in [0.1, 0.15) is 31.9 Å². The molecule has 0 amide bonds. The molecule has 3 rings (SSSR count). The summed E-state index contributed by atoms with van der Waals surface area (Å²) >= 11 is 1.55. The Kier molecular flexibility index (Phi) is 10.4. The van der Waals surface area contributed by atoms with Gasteiger partial charge in [-0.2, -0.15) is 0 Å². The zero-order chi connectivity index (χ0) is 24.3. The first-order valence-corrected chi connectivity index (χ1v) is 12.4. The molecule has 0 unspecified atom stereocenters. The van der Waals surface area contributed by atoms with Crippen molar-refractivity contribution in [3.05, 3.63) is 71.8 Å². The van der Waals surface area contributed by atoms with E-state index in [-0.39, 0.29) is 13.2 Å². The molecule has 0 aromatic heterocycles. The van der Waals surface area contributed by atoms with Crippen LogP contribution >= 0.6 is 11.8 Å². The largest absolute Gasteiger partial charge is 0.463 e. The lowest BCUT2D eigenvalue weighted by molar-refractivity contribution is -0.246. The maximum atomic E-state index is 12.1. The second-order valence-electron chi connectivity index (χ2n) is 7.90. The number of carbonyl (C=O) groups is 2. The van der Waals surface area contributed by atoms with E-state index in [1.165, 1.54) is 13.8 Å². The van der Waals surface area contributed by atoms with Crippen LogP contribution < -0.4 is 0 Å². The molecule has 0 N–H and O–H groups in total. The monoisotopic (exact) mass is 488 g/mol. The Balaban J connectivity index is 1.87. The highest BCUT2D eigenvalue weighted by Crippen LogP contribution is 2.35. The van der Waals surface area contributed by atoms with E-state index in [4.69, 9.17) is 23.7 Å². The predicted octanol–water partition coefficient (Wildman–Crippen LogP) is 4.13. The van der Waals surface area contributed by atoms with Crippen LogP contribution in [0.2, 0.25) is 0 Å². The van der Waals surface area contributed by atoms with Gasteiger partial charge in [-0.1, -0.05) is 67.6 Å². The molecule has 1 fully saturated rings. The second-order valence-corrected chi connectivity index (χ2v) is 9.27. The average Bonchev–Trinajstić information content (AvgIpc) is 2.83. The van der Waals surface area contributed by atoms with Gasteiger partial charge in [-0.3, -0.25) is 9.59 Å². The van der Waals surface area contributed by atoms with Crippen LogP contribution in [0.25, 0.3) is 0 Å². The van der Waals surface area contributed by atoms with E-state index in [9.17, 15) is 9.59 Å². The lowest BCUT2D eigenvalue weighted by atomic mass is 9.99. The number of esters is 2. The second kappa shape index (κ2) is 13.5. The quantitative estimate of drug-likeness (QED) is 0.437. The molecule has 0 spiro atoms. The molecule has 184 valence electrons. The fraction of sp³-hybridized carbons (Fsp3) is 0.462. The molecule has 1 aliphatic rings. The number of hydrogen-bond acceptors (Lipinski definition) is 8. The fourth-order valence-electron chi connectivity index (χ4n) is 3.75. The van der Waals surface area contributed by atoms with Crippen molar-refractivity contribution in [1.82, 2.24) is 0 Å². The molecule has 34 heavy (non-hydrogen) atoms. The van der Waals surface area contributed by atoms with Crippen molar-refractivity contribution in [2.24, 2.45) is 0 Å². The molecule has 2 aromatic rings. The summed E-state index contributed by atoms with van der Waals surface area (Å²) in [5.74, 6) is -0.102. The minimum absolute atomic E-state index is 0.0151. The van der Waals surface area contributed by atoms with Crippen LogP contribution in [-0.2, 0) is 46.5 Å². The van der Waals surface area contributed by atoms with Gasteiger partial charge >= 0.3 is 11.9 Å². The third-order valence-electron chi connectivity index (χ3n) is 5.25. The van der Waals surface area contributed by atoms with Gasteiger partial charge in [-0.25, -0.2) is 0 Å². The van der Waals surface area contributed by atoms with Crippen LogP contribution in [0.4, 0.5) is 0 Å². The topological polar surface area (TPSA) is 80.3 Å². The molecule has 0 saturated carbocycles. The number of thioether (sulfide) groups is 1. The molecule has 0 bridgehead atoms. The van der Waals surface area contributed by atoms with Crippen molar-refractivity contribution >= 4 is 23.7 Å². The molecular weight excluding hydrogens is 456 g/mol. The van der Waals surface area contributed by atoms with Gasteiger partial charge in [0.05, 0.1) is 13.2 Å². The molecule has 0 radical (unpaired) electrons. The molecule has 5 atom stereocenters. The van der Waals surface area contributed by atoms with Gasteiger partial charge in [-0.05, 0) is 16.9 Å². The third-order valence-corrected chi connectivity index (χ3v) is 6.29. The summed E-state index contributed by atoms with van der Waals surface area (Å²) in [6.45, 7) is 5.31. The summed E-state index contributed by atoms with van der Waals surface area (Å²) < 4.78 is 29.9. The zero-order valence-corrected chi connectivity index (χ0v) is 20.6. The Morgan fingerprint density at radius 3 is 1.88 bits per heavy atom. The van der Waals surface area contributed by atoms with Crippen LogP contribution in [0.3, 0.4) is 0 Å². The van der Waals surface area contributed by atoms with E-state index in [0.29, 0.717) is 6.61 Å².